The zero-order valence-electron chi connectivity index (χ0n) is 15.5. The van der Waals surface area contributed by atoms with Crippen molar-refractivity contribution < 1.29 is 9.59 Å². The molecule has 0 aromatic heterocycles. The summed E-state index contributed by atoms with van der Waals surface area (Å²) in [7, 11) is 0. The molecule has 136 valence electrons. The van der Waals surface area contributed by atoms with Gasteiger partial charge in [0.1, 0.15) is 0 Å². The summed E-state index contributed by atoms with van der Waals surface area (Å²) in [5, 5.41) is 6.17. The number of carbonyl (C=O) groups is 2. The van der Waals surface area contributed by atoms with Crippen LogP contribution in [0.4, 0.5) is 0 Å². The smallest absolute Gasteiger partial charge is 0.203 e. The van der Waals surface area contributed by atoms with Crippen molar-refractivity contribution in [3.63, 3.8) is 0 Å². The largest absolute Gasteiger partial charge is 0.380 e. The second-order valence-corrected chi connectivity index (χ2v) is 5.75. The maximum atomic E-state index is 12.2. The Balaban J connectivity index is 2.45. The Morgan fingerprint density at radius 2 is 1.04 bits per heavy atom. The molecule has 6 heteroatoms. The molecule has 24 heavy (non-hydrogen) atoms. The predicted octanol–water partition coefficient (Wildman–Crippen LogP) is 0.769. The molecule has 0 saturated carbocycles. The van der Waals surface area contributed by atoms with Gasteiger partial charge in [0.05, 0.1) is 11.4 Å². The number of allylic oxidation sites excluding steroid dienone is 2. The van der Waals surface area contributed by atoms with Crippen molar-refractivity contribution in [2.75, 3.05) is 52.4 Å². The summed E-state index contributed by atoms with van der Waals surface area (Å²) in [4.78, 5) is 28.8. The first kappa shape index (κ1) is 20.4. The molecule has 0 bridgehead atoms. The minimum absolute atomic E-state index is 0.139. The third-order valence-electron chi connectivity index (χ3n) is 4.36. The maximum Gasteiger partial charge on any atom is 0.203 e. The number of carbonyl (C=O) groups excluding carboxylic acids is 2. The van der Waals surface area contributed by atoms with E-state index in [4.69, 9.17) is 0 Å². The van der Waals surface area contributed by atoms with Gasteiger partial charge >= 0.3 is 0 Å². The highest BCUT2D eigenvalue weighted by Crippen LogP contribution is 2.07. The normalized spacial score (nSPS) is 14.9. The summed E-state index contributed by atoms with van der Waals surface area (Å²) in [5.41, 5.74) is 0.780. The molecule has 0 aromatic carbocycles. The third kappa shape index (κ3) is 6.45. The van der Waals surface area contributed by atoms with Crippen LogP contribution in [0.3, 0.4) is 0 Å². The third-order valence-corrected chi connectivity index (χ3v) is 4.36. The highest BCUT2D eigenvalue weighted by Gasteiger charge is 2.20. The number of likely N-dealkylation sites (N-methyl/N-ethyl adjacent to an activating group) is 2. The Bertz CT molecular complexity index is 433. The molecule has 0 atom stereocenters. The molecule has 0 spiro atoms. The molecule has 0 fully saturated rings. The van der Waals surface area contributed by atoms with E-state index in [1.54, 1.807) is 0 Å². The summed E-state index contributed by atoms with van der Waals surface area (Å²) in [6.45, 7) is 15.4. The van der Waals surface area contributed by atoms with Gasteiger partial charge in [-0.05, 0) is 26.2 Å². The molecule has 0 radical (unpaired) electrons. The van der Waals surface area contributed by atoms with Crippen molar-refractivity contribution in [2.24, 2.45) is 0 Å². The van der Waals surface area contributed by atoms with Crippen LogP contribution < -0.4 is 10.6 Å². The van der Waals surface area contributed by atoms with Gasteiger partial charge in [0.15, 0.2) is 0 Å². The Kier molecular flexibility index (Phi) is 9.34. The van der Waals surface area contributed by atoms with Crippen LogP contribution in [0.1, 0.15) is 27.7 Å². The SMILES string of the molecule is CCN(CC)CCNC1=CC(=O)C(NCCN(CC)CC)=CC1=O. The average molecular weight is 336 g/mol. The molecule has 0 heterocycles. The molecule has 2 N–H and O–H groups in total. The Labute approximate surface area is 146 Å². The number of ketones is 2. The molecule has 0 saturated heterocycles. The average Bonchev–Trinajstić information content (AvgIpc) is 2.59. The van der Waals surface area contributed by atoms with Crippen molar-refractivity contribution in [1.29, 1.82) is 0 Å². The quantitative estimate of drug-likeness (QED) is 0.513. The van der Waals surface area contributed by atoms with E-state index >= 15 is 0 Å². The van der Waals surface area contributed by atoms with Gasteiger partial charge < -0.3 is 20.4 Å². The number of nitrogens with one attached hydrogen (secondary N) is 2. The van der Waals surface area contributed by atoms with E-state index in [0.29, 0.717) is 24.5 Å². The van der Waals surface area contributed by atoms with Crippen molar-refractivity contribution >= 4 is 11.6 Å². The van der Waals surface area contributed by atoms with E-state index < -0.39 is 0 Å². The molecule has 0 aliphatic heterocycles. The molecule has 1 aliphatic carbocycles. The van der Waals surface area contributed by atoms with E-state index in [9.17, 15) is 9.59 Å². The topological polar surface area (TPSA) is 64.7 Å². The van der Waals surface area contributed by atoms with E-state index in [0.717, 1.165) is 39.3 Å². The summed E-state index contributed by atoms with van der Waals surface area (Å²) in [5.74, 6) is -0.279. The monoisotopic (exact) mass is 336 g/mol. The van der Waals surface area contributed by atoms with Gasteiger partial charge in [-0.2, -0.15) is 0 Å². The van der Waals surface area contributed by atoms with Gasteiger partial charge in [0, 0.05) is 38.3 Å². The van der Waals surface area contributed by atoms with Crippen molar-refractivity contribution in [1.82, 2.24) is 20.4 Å². The second kappa shape index (κ2) is 11.0. The number of rotatable bonds is 12. The molecule has 0 aromatic rings. The lowest BCUT2D eigenvalue weighted by atomic mass is 10.1. The first-order valence-electron chi connectivity index (χ1n) is 9.00. The van der Waals surface area contributed by atoms with Crippen LogP contribution in [0.2, 0.25) is 0 Å². The number of hydrogen-bond donors (Lipinski definition) is 2. The minimum Gasteiger partial charge on any atom is -0.380 e. The van der Waals surface area contributed by atoms with Gasteiger partial charge in [-0.15, -0.1) is 0 Å². The van der Waals surface area contributed by atoms with Gasteiger partial charge in [-0.3, -0.25) is 9.59 Å². The van der Waals surface area contributed by atoms with Crippen LogP contribution in [0.25, 0.3) is 0 Å². The molecule has 1 aliphatic rings. The highest BCUT2D eigenvalue weighted by molar-refractivity contribution is 6.19. The first-order chi connectivity index (χ1) is 11.5. The summed E-state index contributed by atoms with van der Waals surface area (Å²) >= 11 is 0. The fourth-order valence-corrected chi connectivity index (χ4v) is 2.61. The van der Waals surface area contributed by atoms with Gasteiger partial charge in [-0.25, -0.2) is 0 Å². The van der Waals surface area contributed by atoms with Crippen LogP contribution >= 0.6 is 0 Å². The van der Waals surface area contributed by atoms with Crippen LogP contribution in [0.15, 0.2) is 23.5 Å². The summed E-state index contributed by atoms with van der Waals surface area (Å²) < 4.78 is 0. The van der Waals surface area contributed by atoms with E-state index in [-0.39, 0.29) is 11.6 Å². The van der Waals surface area contributed by atoms with Crippen molar-refractivity contribution in [2.45, 2.75) is 27.7 Å². The van der Waals surface area contributed by atoms with Crippen molar-refractivity contribution in [3.8, 4) is 0 Å². The fraction of sp³-hybridized carbons (Fsp3) is 0.667. The van der Waals surface area contributed by atoms with Crippen LogP contribution in [0, 0.1) is 0 Å². The standard InChI is InChI=1S/C18H32N4O2/c1-5-21(6-2)11-9-19-15-13-18(24)16(14-17(15)23)20-10-12-22(7-3)8-4/h13-14,19-20H,5-12H2,1-4H3. The maximum absolute atomic E-state index is 12.2. The van der Waals surface area contributed by atoms with E-state index in [2.05, 4.69) is 48.1 Å². The molecule has 6 nitrogen and oxygen atoms in total. The molecular formula is C18H32N4O2. The zero-order chi connectivity index (χ0) is 17.9. The Hall–Kier alpha value is -1.66. The van der Waals surface area contributed by atoms with Gasteiger partial charge in [0.2, 0.25) is 11.6 Å². The minimum atomic E-state index is -0.139. The highest BCUT2D eigenvalue weighted by atomic mass is 16.1. The lowest BCUT2D eigenvalue weighted by Gasteiger charge is -2.21. The molecule has 0 unspecified atom stereocenters. The Morgan fingerprint density at radius 1 is 0.708 bits per heavy atom. The van der Waals surface area contributed by atoms with Crippen LogP contribution in [-0.2, 0) is 9.59 Å². The van der Waals surface area contributed by atoms with E-state index in [1.807, 2.05) is 0 Å². The Morgan fingerprint density at radius 3 is 1.33 bits per heavy atom. The lowest BCUT2D eigenvalue weighted by molar-refractivity contribution is -0.115. The fourth-order valence-electron chi connectivity index (χ4n) is 2.61. The molecule has 0 amide bonds. The van der Waals surface area contributed by atoms with Gasteiger partial charge in [0.25, 0.3) is 0 Å². The van der Waals surface area contributed by atoms with Crippen LogP contribution in [0.5, 0.6) is 0 Å². The summed E-state index contributed by atoms with van der Waals surface area (Å²) in [6, 6.07) is 0. The first-order valence-corrected chi connectivity index (χ1v) is 9.00. The molecular weight excluding hydrogens is 304 g/mol. The zero-order valence-corrected chi connectivity index (χ0v) is 15.5. The molecule has 1 rings (SSSR count). The lowest BCUT2D eigenvalue weighted by Crippen LogP contribution is -2.36. The summed E-state index contributed by atoms with van der Waals surface area (Å²) in [6.07, 6.45) is 2.81. The van der Waals surface area contributed by atoms with Crippen LogP contribution in [-0.4, -0.2) is 73.7 Å². The number of hydrogen-bond acceptors (Lipinski definition) is 6. The number of nitrogens with zero attached hydrogens (tertiary/aromatic N) is 2. The van der Waals surface area contributed by atoms with E-state index in [1.165, 1.54) is 12.2 Å². The second-order valence-electron chi connectivity index (χ2n) is 5.75. The van der Waals surface area contributed by atoms with Gasteiger partial charge in [-0.1, -0.05) is 27.7 Å². The predicted molar refractivity (Wildman–Crippen MR) is 97.8 cm³/mol. The van der Waals surface area contributed by atoms with Crippen molar-refractivity contribution in [3.05, 3.63) is 23.5 Å².